The first kappa shape index (κ1) is 15.3. The van der Waals surface area contributed by atoms with E-state index in [1.807, 2.05) is 0 Å². The van der Waals surface area contributed by atoms with Crippen LogP contribution in [-0.4, -0.2) is 23.6 Å². The van der Waals surface area contributed by atoms with Gasteiger partial charge in [-0.05, 0) is 18.2 Å². The van der Waals surface area contributed by atoms with E-state index in [0.29, 0.717) is 35.6 Å². The van der Waals surface area contributed by atoms with Crippen LogP contribution in [0.4, 0.5) is 0 Å². The summed E-state index contributed by atoms with van der Waals surface area (Å²) < 4.78 is 1.77. The Labute approximate surface area is 127 Å². The zero-order chi connectivity index (χ0) is 15.4. The van der Waals surface area contributed by atoms with Crippen molar-refractivity contribution in [1.29, 1.82) is 0 Å². The van der Waals surface area contributed by atoms with E-state index in [1.165, 1.54) is 6.20 Å². The Morgan fingerprint density at radius 2 is 2.24 bits per heavy atom. The van der Waals surface area contributed by atoms with Crippen molar-refractivity contribution in [1.82, 2.24) is 9.88 Å². The van der Waals surface area contributed by atoms with Gasteiger partial charge < -0.3 is 15.6 Å². The van der Waals surface area contributed by atoms with Crippen LogP contribution in [0.3, 0.4) is 0 Å². The Morgan fingerprint density at radius 1 is 1.48 bits per heavy atom. The molecule has 0 radical (unpaired) electrons. The molecule has 6 heteroatoms. The van der Waals surface area contributed by atoms with Gasteiger partial charge in [-0.2, -0.15) is 0 Å². The summed E-state index contributed by atoms with van der Waals surface area (Å²) in [7, 11) is 0. The van der Waals surface area contributed by atoms with E-state index in [9.17, 15) is 9.59 Å². The number of benzene rings is 1. The minimum absolute atomic E-state index is 0.0834. The molecule has 0 saturated heterocycles. The molecule has 0 saturated carbocycles. The van der Waals surface area contributed by atoms with Gasteiger partial charge in [0.2, 0.25) is 5.43 Å². The highest BCUT2D eigenvalue weighted by atomic mass is 35.5. The van der Waals surface area contributed by atoms with E-state index in [0.717, 1.165) is 0 Å². The lowest BCUT2D eigenvalue weighted by molar-refractivity contribution is 0.0953. The number of nitrogens with two attached hydrogens (primary N) is 1. The molecule has 0 unspecified atom stereocenters. The van der Waals surface area contributed by atoms with Crippen LogP contribution >= 0.6 is 11.6 Å². The van der Waals surface area contributed by atoms with Gasteiger partial charge in [0.15, 0.2) is 0 Å². The molecule has 0 atom stereocenters. The molecule has 0 aliphatic carbocycles. The number of halogens is 1. The van der Waals surface area contributed by atoms with Gasteiger partial charge in [-0.15, -0.1) is 6.58 Å². The second-order valence-electron chi connectivity index (χ2n) is 4.52. The monoisotopic (exact) mass is 305 g/mol. The Morgan fingerprint density at radius 3 is 2.90 bits per heavy atom. The summed E-state index contributed by atoms with van der Waals surface area (Å²) in [5.74, 6) is -0.430. The first-order valence-electron chi connectivity index (χ1n) is 6.50. The molecule has 2 aromatic rings. The van der Waals surface area contributed by atoms with Crippen molar-refractivity contribution in [2.24, 2.45) is 5.73 Å². The van der Waals surface area contributed by atoms with Crippen molar-refractivity contribution in [2.75, 3.05) is 13.1 Å². The van der Waals surface area contributed by atoms with Gasteiger partial charge in [-0.3, -0.25) is 9.59 Å². The van der Waals surface area contributed by atoms with Crippen molar-refractivity contribution < 1.29 is 4.79 Å². The summed E-state index contributed by atoms with van der Waals surface area (Å²) in [4.78, 5) is 24.5. The van der Waals surface area contributed by atoms with E-state index < -0.39 is 5.91 Å². The molecule has 0 spiro atoms. The van der Waals surface area contributed by atoms with Crippen molar-refractivity contribution in [3.8, 4) is 0 Å². The maximum atomic E-state index is 12.4. The minimum atomic E-state index is -0.430. The lowest BCUT2D eigenvalue weighted by Gasteiger charge is -2.12. The predicted molar refractivity (Wildman–Crippen MR) is 84.8 cm³/mol. The molecule has 1 aromatic heterocycles. The molecular formula is C15H16ClN3O2. The molecule has 1 aromatic carbocycles. The third-order valence-electron chi connectivity index (χ3n) is 3.04. The summed E-state index contributed by atoms with van der Waals surface area (Å²) in [5, 5.41) is 3.58. The molecule has 0 aliphatic heterocycles. The average molecular weight is 306 g/mol. The van der Waals surface area contributed by atoms with E-state index in [1.54, 1.807) is 28.8 Å². The average Bonchev–Trinajstić information content (AvgIpc) is 2.47. The molecule has 3 N–H and O–H groups in total. The second-order valence-corrected chi connectivity index (χ2v) is 4.96. The number of allylic oxidation sites excluding steroid dienone is 1. The summed E-state index contributed by atoms with van der Waals surface area (Å²) in [6, 6.07) is 4.95. The third kappa shape index (κ3) is 3.15. The standard InChI is InChI=1S/C15H16ClN3O2/c1-2-7-19-9-12(15(21)18-6-5-17)14(20)11-4-3-10(16)8-13(11)19/h2-4,8-9H,1,5-7,17H2,(H,18,21). The number of amides is 1. The van der Waals surface area contributed by atoms with Crippen molar-refractivity contribution in [3.63, 3.8) is 0 Å². The van der Waals surface area contributed by atoms with Crippen LogP contribution in [0.15, 0.2) is 41.8 Å². The smallest absolute Gasteiger partial charge is 0.256 e. The molecule has 0 bridgehead atoms. The fourth-order valence-electron chi connectivity index (χ4n) is 2.10. The number of hydrogen-bond acceptors (Lipinski definition) is 3. The number of carbonyl (C=O) groups excluding carboxylic acids is 1. The minimum Gasteiger partial charge on any atom is -0.351 e. The Balaban J connectivity index is 2.65. The largest absolute Gasteiger partial charge is 0.351 e. The normalized spacial score (nSPS) is 10.6. The number of aromatic nitrogens is 1. The zero-order valence-electron chi connectivity index (χ0n) is 11.4. The summed E-state index contributed by atoms with van der Waals surface area (Å²) >= 11 is 5.98. The van der Waals surface area contributed by atoms with Crippen LogP contribution < -0.4 is 16.5 Å². The van der Waals surface area contributed by atoms with Gasteiger partial charge >= 0.3 is 0 Å². The van der Waals surface area contributed by atoms with Gasteiger partial charge in [-0.1, -0.05) is 17.7 Å². The number of rotatable bonds is 5. The highest BCUT2D eigenvalue weighted by molar-refractivity contribution is 6.31. The molecule has 110 valence electrons. The Bertz CT molecular complexity index is 752. The molecule has 1 amide bonds. The highest BCUT2D eigenvalue weighted by Gasteiger charge is 2.14. The first-order valence-corrected chi connectivity index (χ1v) is 6.88. The lowest BCUT2D eigenvalue weighted by Crippen LogP contribution is -2.33. The van der Waals surface area contributed by atoms with Crippen molar-refractivity contribution in [3.05, 3.63) is 57.9 Å². The van der Waals surface area contributed by atoms with Gasteiger partial charge in [0.05, 0.1) is 5.52 Å². The number of hydrogen-bond donors (Lipinski definition) is 2. The molecule has 5 nitrogen and oxygen atoms in total. The maximum absolute atomic E-state index is 12.4. The number of carbonyl (C=O) groups is 1. The van der Waals surface area contributed by atoms with Gasteiger partial charge in [-0.25, -0.2) is 0 Å². The Hall–Kier alpha value is -2.11. The molecule has 21 heavy (non-hydrogen) atoms. The number of nitrogens with zero attached hydrogens (tertiary/aromatic N) is 1. The van der Waals surface area contributed by atoms with E-state index in [2.05, 4.69) is 11.9 Å². The molecule has 0 aliphatic rings. The number of pyridine rings is 1. The second kappa shape index (κ2) is 6.56. The van der Waals surface area contributed by atoms with E-state index in [4.69, 9.17) is 17.3 Å². The predicted octanol–water partition coefficient (Wildman–Crippen LogP) is 1.53. The van der Waals surface area contributed by atoms with Crippen LogP contribution in [0.5, 0.6) is 0 Å². The van der Waals surface area contributed by atoms with Crippen molar-refractivity contribution >= 4 is 28.4 Å². The lowest BCUT2D eigenvalue weighted by atomic mass is 10.1. The van der Waals surface area contributed by atoms with Crippen LogP contribution in [0.1, 0.15) is 10.4 Å². The molecule has 1 heterocycles. The van der Waals surface area contributed by atoms with Crippen LogP contribution in [-0.2, 0) is 6.54 Å². The fourth-order valence-corrected chi connectivity index (χ4v) is 2.26. The van der Waals surface area contributed by atoms with Crippen LogP contribution in [0.25, 0.3) is 10.9 Å². The molecular weight excluding hydrogens is 290 g/mol. The topological polar surface area (TPSA) is 77.1 Å². The third-order valence-corrected chi connectivity index (χ3v) is 3.28. The maximum Gasteiger partial charge on any atom is 0.256 e. The summed E-state index contributed by atoms with van der Waals surface area (Å²) in [5.41, 5.74) is 5.78. The summed E-state index contributed by atoms with van der Waals surface area (Å²) in [6.45, 7) is 4.78. The zero-order valence-corrected chi connectivity index (χ0v) is 12.2. The van der Waals surface area contributed by atoms with Crippen molar-refractivity contribution in [2.45, 2.75) is 6.54 Å². The van der Waals surface area contributed by atoms with Gasteiger partial charge in [0.25, 0.3) is 5.91 Å². The number of fused-ring (bicyclic) bond motifs is 1. The van der Waals surface area contributed by atoms with Gasteiger partial charge in [0.1, 0.15) is 5.56 Å². The van der Waals surface area contributed by atoms with Crippen LogP contribution in [0.2, 0.25) is 5.02 Å². The van der Waals surface area contributed by atoms with E-state index in [-0.39, 0.29) is 11.0 Å². The van der Waals surface area contributed by atoms with Gasteiger partial charge in [0, 0.05) is 36.2 Å². The molecule has 0 fully saturated rings. The number of nitrogens with one attached hydrogen (secondary N) is 1. The first-order chi connectivity index (χ1) is 10.1. The SMILES string of the molecule is C=CCn1cc(C(=O)NCCN)c(=O)c2ccc(Cl)cc21. The van der Waals surface area contributed by atoms with E-state index >= 15 is 0 Å². The summed E-state index contributed by atoms with van der Waals surface area (Å²) in [6.07, 6.45) is 3.21. The quantitative estimate of drug-likeness (QED) is 0.822. The van der Waals surface area contributed by atoms with Crippen LogP contribution in [0, 0.1) is 0 Å². The molecule has 2 rings (SSSR count). The highest BCUT2D eigenvalue weighted by Crippen LogP contribution is 2.18. The fraction of sp³-hybridized carbons (Fsp3) is 0.200. The Kier molecular flexibility index (Phi) is 4.77.